The molecule has 1 aromatic heterocycles. The second-order valence-corrected chi connectivity index (χ2v) is 4.95. The summed E-state index contributed by atoms with van der Waals surface area (Å²) in [7, 11) is 0. The van der Waals surface area contributed by atoms with Gasteiger partial charge in [0.05, 0.1) is 6.42 Å². The maximum Gasteiger partial charge on any atom is 0.228 e. The van der Waals surface area contributed by atoms with Crippen LogP contribution in [-0.2, 0) is 24.2 Å². The van der Waals surface area contributed by atoms with Gasteiger partial charge in [0.25, 0.3) is 0 Å². The van der Waals surface area contributed by atoms with Gasteiger partial charge in [0, 0.05) is 24.6 Å². The highest BCUT2D eigenvalue weighted by Gasteiger charge is 2.14. The normalized spacial score (nSPS) is 13.6. The Kier molecular flexibility index (Phi) is 3.74. The van der Waals surface area contributed by atoms with Gasteiger partial charge in [-0.15, -0.1) is 0 Å². The minimum atomic E-state index is 0.00942. The molecule has 0 spiro atoms. The third kappa shape index (κ3) is 2.86. The summed E-state index contributed by atoms with van der Waals surface area (Å²) in [5.41, 5.74) is 4.43. The molecule has 2 heterocycles. The minimum absolute atomic E-state index is 0.00942. The van der Waals surface area contributed by atoms with Gasteiger partial charge in [-0.25, -0.2) is 0 Å². The first-order chi connectivity index (χ1) is 9.83. The van der Waals surface area contributed by atoms with E-state index >= 15 is 0 Å². The Labute approximate surface area is 118 Å². The third-order valence-corrected chi connectivity index (χ3v) is 3.53. The lowest BCUT2D eigenvalue weighted by Crippen LogP contribution is -2.25. The summed E-state index contributed by atoms with van der Waals surface area (Å²) in [4.78, 5) is 16.1. The molecule has 0 saturated carbocycles. The molecule has 0 fully saturated rings. The number of rotatable bonds is 3. The van der Waals surface area contributed by atoms with E-state index in [2.05, 4.69) is 21.7 Å². The molecule has 0 unspecified atom stereocenters. The molecule has 20 heavy (non-hydrogen) atoms. The van der Waals surface area contributed by atoms with Crippen LogP contribution >= 0.6 is 0 Å². The second kappa shape index (κ2) is 5.84. The smallest absolute Gasteiger partial charge is 0.228 e. The van der Waals surface area contributed by atoms with E-state index in [1.807, 2.05) is 24.3 Å². The van der Waals surface area contributed by atoms with Crippen LogP contribution in [0.2, 0.25) is 0 Å². The van der Waals surface area contributed by atoms with E-state index in [1.165, 1.54) is 11.1 Å². The van der Waals surface area contributed by atoms with Crippen molar-refractivity contribution in [3.05, 3.63) is 59.4 Å². The summed E-state index contributed by atoms with van der Waals surface area (Å²) < 4.78 is 0. The van der Waals surface area contributed by atoms with Crippen LogP contribution < -0.4 is 10.6 Å². The van der Waals surface area contributed by atoms with Gasteiger partial charge in [-0.3, -0.25) is 9.78 Å². The average Bonchev–Trinajstić information content (AvgIpc) is 2.48. The summed E-state index contributed by atoms with van der Waals surface area (Å²) in [6.45, 7) is 1.82. The lowest BCUT2D eigenvalue weighted by atomic mass is 9.99. The van der Waals surface area contributed by atoms with E-state index in [9.17, 15) is 4.79 Å². The van der Waals surface area contributed by atoms with Gasteiger partial charge < -0.3 is 10.6 Å². The van der Waals surface area contributed by atoms with Crippen LogP contribution in [0.25, 0.3) is 0 Å². The predicted octanol–water partition coefficient (Wildman–Crippen LogP) is 1.91. The Morgan fingerprint density at radius 2 is 2.10 bits per heavy atom. The molecule has 0 aliphatic carbocycles. The number of pyridine rings is 1. The highest BCUT2D eigenvalue weighted by atomic mass is 16.1. The number of carbonyl (C=O) groups is 1. The number of amides is 1. The maximum absolute atomic E-state index is 12.1. The van der Waals surface area contributed by atoms with Gasteiger partial charge >= 0.3 is 0 Å². The topological polar surface area (TPSA) is 54.0 Å². The maximum atomic E-state index is 12.1. The molecule has 4 nitrogen and oxygen atoms in total. The molecule has 3 rings (SSSR count). The van der Waals surface area contributed by atoms with Crippen molar-refractivity contribution < 1.29 is 4.79 Å². The second-order valence-electron chi connectivity index (χ2n) is 4.95. The summed E-state index contributed by atoms with van der Waals surface area (Å²) in [6.07, 6.45) is 4.80. The number of fused-ring (bicyclic) bond motifs is 1. The van der Waals surface area contributed by atoms with Crippen molar-refractivity contribution in [1.29, 1.82) is 0 Å². The zero-order valence-corrected chi connectivity index (χ0v) is 11.2. The molecule has 0 atom stereocenters. The number of carbonyl (C=O) groups excluding carboxylic acids is 1. The molecular formula is C16H17N3O. The molecule has 1 aliphatic rings. The monoisotopic (exact) mass is 267 g/mol. The van der Waals surface area contributed by atoms with E-state index in [-0.39, 0.29) is 5.91 Å². The van der Waals surface area contributed by atoms with E-state index in [0.717, 1.165) is 30.8 Å². The largest absolute Gasteiger partial charge is 0.325 e. The van der Waals surface area contributed by atoms with Gasteiger partial charge in [0.15, 0.2) is 0 Å². The minimum Gasteiger partial charge on any atom is -0.325 e. The standard InChI is InChI=1S/C16H17N3O/c20-16(10-12-4-7-17-8-5-12)19-15-3-1-2-13-6-9-18-11-14(13)15/h1-5,7-8,18H,6,9-11H2,(H,19,20). The highest BCUT2D eigenvalue weighted by Crippen LogP contribution is 2.23. The number of hydrogen-bond donors (Lipinski definition) is 2. The van der Waals surface area contributed by atoms with Crippen molar-refractivity contribution in [2.75, 3.05) is 11.9 Å². The van der Waals surface area contributed by atoms with Crippen molar-refractivity contribution in [3.8, 4) is 0 Å². The van der Waals surface area contributed by atoms with Crippen LogP contribution in [0.15, 0.2) is 42.7 Å². The molecule has 0 radical (unpaired) electrons. The Morgan fingerprint density at radius 1 is 1.25 bits per heavy atom. The molecule has 102 valence electrons. The van der Waals surface area contributed by atoms with Crippen LogP contribution in [0.1, 0.15) is 16.7 Å². The number of anilines is 1. The predicted molar refractivity (Wildman–Crippen MR) is 78.4 cm³/mol. The first kappa shape index (κ1) is 12.8. The van der Waals surface area contributed by atoms with Crippen molar-refractivity contribution >= 4 is 11.6 Å². The average molecular weight is 267 g/mol. The number of nitrogens with zero attached hydrogens (tertiary/aromatic N) is 1. The van der Waals surface area contributed by atoms with Gasteiger partial charge in [0.2, 0.25) is 5.91 Å². The summed E-state index contributed by atoms with van der Waals surface area (Å²) in [6, 6.07) is 9.83. The molecule has 0 bridgehead atoms. The highest BCUT2D eigenvalue weighted by molar-refractivity contribution is 5.93. The van der Waals surface area contributed by atoms with Crippen LogP contribution in [-0.4, -0.2) is 17.4 Å². The van der Waals surface area contributed by atoms with Gasteiger partial charge in [-0.1, -0.05) is 12.1 Å². The fraction of sp³-hybridized carbons (Fsp3) is 0.250. The molecule has 4 heteroatoms. The summed E-state index contributed by atoms with van der Waals surface area (Å²) in [5.74, 6) is 0.00942. The molecule has 1 amide bonds. The first-order valence-electron chi connectivity index (χ1n) is 6.83. The van der Waals surface area contributed by atoms with E-state index < -0.39 is 0 Å². The van der Waals surface area contributed by atoms with Gasteiger partial charge in [0.1, 0.15) is 0 Å². The fourth-order valence-corrected chi connectivity index (χ4v) is 2.51. The van der Waals surface area contributed by atoms with E-state index in [1.54, 1.807) is 12.4 Å². The number of benzene rings is 1. The van der Waals surface area contributed by atoms with Crippen molar-refractivity contribution in [2.24, 2.45) is 0 Å². The fourth-order valence-electron chi connectivity index (χ4n) is 2.51. The Bertz CT molecular complexity index is 610. The Morgan fingerprint density at radius 3 is 2.95 bits per heavy atom. The van der Waals surface area contributed by atoms with Crippen LogP contribution in [0.3, 0.4) is 0 Å². The quantitative estimate of drug-likeness (QED) is 0.893. The number of aromatic nitrogens is 1. The molecule has 1 aliphatic heterocycles. The lowest BCUT2D eigenvalue weighted by Gasteiger charge is -2.20. The number of nitrogens with one attached hydrogen (secondary N) is 2. The molecule has 2 N–H and O–H groups in total. The van der Waals surface area contributed by atoms with Crippen LogP contribution in [0, 0.1) is 0 Å². The lowest BCUT2D eigenvalue weighted by molar-refractivity contribution is -0.115. The van der Waals surface area contributed by atoms with Crippen LogP contribution in [0.4, 0.5) is 5.69 Å². The zero-order chi connectivity index (χ0) is 13.8. The van der Waals surface area contributed by atoms with E-state index in [0.29, 0.717) is 6.42 Å². The van der Waals surface area contributed by atoms with Gasteiger partial charge in [-0.2, -0.15) is 0 Å². The van der Waals surface area contributed by atoms with Gasteiger partial charge in [-0.05, 0) is 47.9 Å². The van der Waals surface area contributed by atoms with E-state index in [4.69, 9.17) is 0 Å². The van der Waals surface area contributed by atoms with Crippen molar-refractivity contribution in [2.45, 2.75) is 19.4 Å². The Balaban J connectivity index is 1.73. The summed E-state index contributed by atoms with van der Waals surface area (Å²) in [5, 5.41) is 6.36. The molecule has 1 aromatic carbocycles. The first-order valence-corrected chi connectivity index (χ1v) is 6.83. The molecule has 2 aromatic rings. The molecular weight excluding hydrogens is 250 g/mol. The van der Waals surface area contributed by atoms with Crippen molar-refractivity contribution in [1.82, 2.24) is 10.3 Å². The van der Waals surface area contributed by atoms with Crippen LogP contribution in [0.5, 0.6) is 0 Å². The van der Waals surface area contributed by atoms with Crippen molar-refractivity contribution in [3.63, 3.8) is 0 Å². The SMILES string of the molecule is O=C(Cc1ccncc1)Nc1cccc2c1CNCC2. The zero-order valence-electron chi connectivity index (χ0n) is 11.2. The number of hydrogen-bond acceptors (Lipinski definition) is 3. The molecule has 0 saturated heterocycles. The Hall–Kier alpha value is -2.20. The summed E-state index contributed by atoms with van der Waals surface area (Å²) >= 11 is 0. The third-order valence-electron chi connectivity index (χ3n) is 3.53.